The van der Waals surface area contributed by atoms with Gasteiger partial charge < -0.3 is 9.88 Å². The molecule has 0 saturated carbocycles. The first-order chi connectivity index (χ1) is 11.5. The second kappa shape index (κ2) is 6.45. The zero-order valence-electron chi connectivity index (χ0n) is 12.9. The molecule has 0 fully saturated rings. The Morgan fingerprint density at radius 1 is 1.08 bits per heavy atom. The summed E-state index contributed by atoms with van der Waals surface area (Å²) in [5.41, 5.74) is 1.04. The first-order valence-electron chi connectivity index (χ1n) is 7.25. The number of aromatic amines is 1. The smallest absolute Gasteiger partial charge is 0.310 e. The third-order valence-electron chi connectivity index (χ3n) is 3.56. The number of hydrogen-bond donors (Lipinski definition) is 1. The molecule has 0 atom stereocenters. The highest BCUT2D eigenvalue weighted by atomic mass is 19.1. The summed E-state index contributed by atoms with van der Waals surface area (Å²) in [4.78, 5) is 32.1. The minimum absolute atomic E-state index is 0.112. The molecule has 0 aliphatic rings. The molecule has 1 amide bonds. The van der Waals surface area contributed by atoms with Gasteiger partial charge in [0.05, 0.1) is 5.69 Å². The lowest BCUT2D eigenvalue weighted by molar-refractivity contribution is 0.0988. The minimum atomic E-state index is -0.637. The maximum absolute atomic E-state index is 13.0. The van der Waals surface area contributed by atoms with Crippen LogP contribution in [0, 0.1) is 5.82 Å². The Balaban J connectivity index is 1.98. The topological polar surface area (TPSA) is 66.1 Å². The average Bonchev–Trinajstić information content (AvgIpc) is 2.61. The molecule has 0 unspecified atom stereocenters. The van der Waals surface area contributed by atoms with Crippen molar-refractivity contribution in [3.63, 3.8) is 0 Å². The molecule has 3 aromatic rings. The molecule has 0 saturated heterocycles. The van der Waals surface area contributed by atoms with E-state index in [1.807, 2.05) is 18.2 Å². The summed E-state index contributed by atoms with van der Waals surface area (Å²) in [6.45, 7) is 0. The number of para-hydroxylation sites is 1. The summed E-state index contributed by atoms with van der Waals surface area (Å²) < 4.78 is 13.0. The van der Waals surface area contributed by atoms with E-state index in [1.54, 1.807) is 19.2 Å². The van der Waals surface area contributed by atoms with E-state index in [0.717, 1.165) is 0 Å². The maximum Gasteiger partial charge on any atom is 0.346 e. The van der Waals surface area contributed by atoms with E-state index in [-0.39, 0.29) is 17.4 Å². The minimum Gasteiger partial charge on any atom is -0.310 e. The zero-order chi connectivity index (χ0) is 17.1. The van der Waals surface area contributed by atoms with E-state index in [1.165, 1.54) is 35.2 Å². The van der Waals surface area contributed by atoms with Crippen molar-refractivity contribution in [1.82, 2.24) is 9.97 Å². The molecule has 0 aliphatic carbocycles. The Labute approximate surface area is 137 Å². The van der Waals surface area contributed by atoms with Crippen LogP contribution in [0.25, 0.3) is 11.3 Å². The molecule has 6 heteroatoms. The highest BCUT2D eigenvalue weighted by molar-refractivity contribution is 6.04. The lowest BCUT2D eigenvalue weighted by Crippen LogP contribution is -2.29. The summed E-state index contributed by atoms with van der Waals surface area (Å²) in [5, 5.41) is 0. The van der Waals surface area contributed by atoms with Crippen LogP contribution in [0.1, 0.15) is 10.5 Å². The number of carbonyl (C=O) groups excluding carboxylic acids is 1. The fraction of sp³-hybridized carbons (Fsp3) is 0.0556. The number of aromatic nitrogens is 2. The van der Waals surface area contributed by atoms with Crippen LogP contribution in [0.15, 0.2) is 65.5 Å². The molecule has 24 heavy (non-hydrogen) atoms. The van der Waals surface area contributed by atoms with Crippen LogP contribution in [0.3, 0.4) is 0 Å². The maximum atomic E-state index is 13.0. The summed E-state index contributed by atoms with van der Waals surface area (Å²) in [6.07, 6.45) is 0. The van der Waals surface area contributed by atoms with Crippen molar-refractivity contribution in [2.45, 2.75) is 0 Å². The molecule has 3 rings (SSSR count). The van der Waals surface area contributed by atoms with E-state index < -0.39 is 5.69 Å². The Morgan fingerprint density at radius 2 is 1.75 bits per heavy atom. The van der Waals surface area contributed by atoms with E-state index in [4.69, 9.17) is 0 Å². The summed E-state index contributed by atoms with van der Waals surface area (Å²) in [5.74, 6) is -0.757. The third-order valence-corrected chi connectivity index (χ3v) is 3.56. The number of carbonyl (C=O) groups is 1. The second-order valence-electron chi connectivity index (χ2n) is 5.19. The number of halogens is 1. The first-order valence-corrected chi connectivity index (χ1v) is 7.25. The number of anilines is 1. The summed E-state index contributed by atoms with van der Waals surface area (Å²) in [7, 11) is 1.62. The fourth-order valence-corrected chi connectivity index (χ4v) is 2.29. The number of nitrogens with one attached hydrogen (secondary N) is 1. The SMILES string of the molecule is CN(C(=O)c1cc(-c2ccc(F)cc2)nc(=O)[nH]1)c1ccccc1. The van der Waals surface area contributed by atoms with Crippen LogP contribution in [-0.4, -0.2) is 22.9 Å². The Hall–Kier alpha value is -3.28. The van der Waals surface area contributed by atoms with Gasteiger partial charge in [-0.1, -0.05) is 18.2 Å². The molecule has 1 heterocycles. The molecular weight excluding hydrogens is 309 g/mol. The van der Waals surface area contributed by atoms with Crippen LogP contribution in [0.4, 0.5) is 10.1 Å². The number of H-pyrrole nitrogens is 1. The van der Waals surface area contributed by atoms with Gasteiger partial charge in [0.15, 0.2) is 0 Å². The van der Waals surface area contributed by atoms with Gasteiger partial charge >= 0.3 is 5.69 Å². The normalized spacial score (nSPS) is 10.4. The van der Waals surface area contributed by atoms with Gasteiger partial charge in [0.25, 0.3) is 5.91 Å². The van der Waals surface area contributed by atoms with E-state index in [2.05, 4.69) is 9.97 Å². The number of amides is 1. The largest absolute Gasteiger partial charge is 0.346 e. The highest BCUT2D eigenvalue weighted by Crippen LogP contribution is 2.18. The predicted octanol–water partition coefficient (Wildman–Crippen LogP) is 2.85. The fourth-order valence-electron chi connectivity index (χ4n) is 2.29. The molecule has 1 N–H and O–H groups in total. The Morgan fingerprint density at radius 3 is 2.42 bits per heavy atom. The number of hydrogen-bond acceptors (Lipinski definition) is 3. The number of benzene rings is 2. The average molecular weight is 323 g/mol. The zero-order valence-corrected chi connectivity index (χ0v) is 12.9. The van der Waals surface area contributed by atoms with Crippen molar-refractivity contribution in [1.29, 1.82) is 0 Å². The Kier molecular flexibility index (Phi) is 4.20. The van der Waals surface area contributed by atoms with Crippen molar-refractivity contribution < 1.29 is 9.18 Å². The first kappa shape index (κ1) is 15.6. The van der Waals surface area contributed by atoms with Crippen molar-refractivity contribution in [2.75, 3.05) is 11.9 Å². The monoisotopic (exact) mass is 323 g/mol. The van der Waals surface area contributed by atoms with Crippen LogP contribution in [0.2, 0.25) is 0 Å². The summed E-state index contributed by atoms with van der Waals surface area (Å²) in [6, 6.07) is 16.1. The van der Waals surface area contributed by atoms with E-state index >= 15 is 0 Å². The Bertz CT molecular complexity index is 921. The van der Waals surface area contributed by atoms with E-state index in [9.17, 15) is 14.0 Å². The number of rotatable bonds is 3. The third kappa shape index (κ3) is 3.22. The molecule has 0 aliphatic heterocycles. The van der Waals surface area contributed by atoms with Crippen molar-refractivity contribution in [2.24, 2.45) is 0 Å². The second-order valence-corrected chi connectivity index (χ2v) is 5.19. The lowest BCUT2D eigenvalue weighted by atomic mass is 10.1. The van der Waals surface area contributed by atoms with E-state index in [0.29, 0.717) is 16.9 Å². The quantitative estimate of drug-likeness (QED) is 0.806. The van der Waals surface area contributed by atoms with Gasteiger partial charge in [-0.15, -0.1) is 0 Å². The molecule has 120 valence electrons. The lowest BCUT2D eigenvalue weighted by Gasteiger charge is -2.17. The van der Waals surface area contributed by atoms with Crippen LogP contribution >= 0.6 is 0 Å². The molecular formula is C18H14FN3O2. The molecule has 5 nitrogen and oxygen atoms in total. The van der Waals surface area contributed by atoms with Gasteiger partial charge in [-0.2, -0.15) is 4.98 Å². The van der Waals surface area contributed by atoms with Crippen molar-refractivity contribution in [3.05, 3.63) is 82.7 Å². The van der Waals surface area contributed by atoms with Gasteiger partial charge in [-0.3, -0.25) is 4.79 Å². The van der Waals surface area contributed by atoms with Gasteiger partial charge in [-0.25, -0.2) is 9.18 Å². The van der Waals surface area contributed by atoms with Gasteiger partial charge in [0.2, 0.25) is 0 Å². The molecule has 0 spiro atoms. The highest BCUT2D eigenvalue weighted by Gasteiger charge is 2.16. The van der Waals surface area contributed by atoms with Crippen LogP contribution in [0.5, 0.6) is 0 Å². The molecule has 0 radical (unpaired) electrons. The molecule has 1 aromatic heterocycles. The standard InChI is InChI=1S/C18H14FN3O2/c1-22(14-5-3-2-4-6-14)17(23)16-11-15(20-18(24)21-16)12-7-9-13(19)10-8-12/h2-11H,1H3,(H,20,21,24). The van der Waals surface area contributed by atoms with Crippen LogP contribution in [-0.2, 0) is 0 Å². The van der Waals surface area contributed by atoms with Crippen molar-refractivity contribution >= 4 is 11.6 Å². The molecule has 0 bridgehead atoms. The van der Waals surface area contributed by atoms with Crippen molar-refractivity contribution in [3.8, 4) is 11.3 Å². The van der Waals surface area contributed by atoms with Gasteiger partial charge in [-0.05, 0) is 42.5 Å². The predicted molar refractivity (Wildman–Crippen MR) is 89.4 cm³/mol. The number of nitrogens with zero attached hydrogens (tertiary/aromatic N) is 2. The van der Waals surface area contributed by atoms with Gasteiger partial charge in [0.1, 0.15) is 11.5 Å². The summed E-state index contributed by atoms with van der Waals surface area (Å²) >= 11 is 0. The molecule has 2 aromatic carbocycles. The van der Waals surface area contributed by atoms with Crippen LogP contribution < -0.4 is 10.6 Å². The van der Waals surface area contributed by atoms with Gasteiger partial charge in [0, 0.05) is 18.3 Å².